The van der Waals surface area contributed by atoms with Gasteiger partial charge in [-0.2, -0.15) is 0 Å². The van der Waals surface area contributed by atoms with Crippen LogP contribution in [0.15, 0.2) is 146 Å². The molecule has 0 radical (unpaired) electrons. The highest BCUT2D eigenvalue weighted by Gasteiger charge is 2.18. The van der Waals surface area contributed by atoms with Crippen LogP contribution < -0.4 is 0 Å². The van der Waals surface area contributed by atoms with Crippen molar-refractivity contribution in [1.82, 2.24) is 4.57 Å². The highest BCUT2D eigenvalue weighted by atomic mass is 15.0. The van der Waals surface area contributed by atoms with Crippen molar-refractivity contribution in [2.75, 3.05) is 0 Å². The van der Waals surface area contributed by atoms with E-state index in [-0.39, 0.29) is 0 Å². The van der Waals surface area contributed by atoms with Gasteiger partial charge in [0.2, 0.25) is 0 Å². The Balaban J connectivity index is 1.32. The number of aromatic nitrogens is 1. The fraction of sp³-hybridized carbons (Fsp3) is 0.0244. The first-order valence-electron chi connectivity index (χ1n) is 14.6. The van der Waals surface area contributed by atoms with Crippen molar-refractivity contribution >= 4 is 54.1 Å². The fourth-order valence-electron chi connectivity index (χ4n) is 7.16. The summed E-state index contributed by atoms with van der Waals surface area (Å²) in [6.45, 7) is 2.22. The predicted octanol–water partition coefficient (Wildman–Crippen LogP) is 11.3. The summed E-state index contributed by atoms with van der Waals surface area (Å²) >= 11 is 0. The molecule has 1 heteroatoms. The molecule has 0 N–H and O–H groups in total. The molecule has 0 saturated heterocycles. The Morgan fingerprint density at radius 1 is 0.405 bits per heavy atom. The Bertz CT molecular complexity index is 2390. The van der Waals surface area contributed by atoms with Gasteiger partial charge in [0.15, 0.2) is 0 Å². The first-order chi connectivity index (χ1) is 20.8. The monoisotopic (exact) mass is 533 g/mol. The van der Waals surface area contributed by atoms with Gasteiger partial charge >= 0.3 is 0 Å². The highest BCUT2D eigenvalue weighted by Crippen LogP contribution is 2.44. The van der Waals surface area contributed by atoms with Crippen LogP contribution in [0.4, 0.5) is 0 Å². The molecule has 0 spiro atoms. The van der Waals surface area contributed by atoms with E-state index in [0.29, 0.717) is 0 Å². The molecule has 0 saturated carbocycles. The molecule has 8 aromatic carbocycles. The molecular formula is C41H27N. The summed E-state index contributed by atoms with van der Waals surface area (Å²) < 4.78 is 2.39. The van der Waals surface area contributed by atoms with Crippen LogP contribution in [0, 0.1) is 6.92 Å². The average molecular weight is 534 g/mol. The van der Waals surface area contributed by atoms with Crippen LogP contribution in [-0.2, 0) is 0 Å². The molecule has 1 heterocycles. The minimum atomic E-state index is 1.17. The van der Waals surface area contributed by atoms with Crippen molar-refractivity contribution in [2.24, 2.45) is 0 Å². The molecule has 0 fully saturated rings. The molecule has 9 rings (SSSR count). The normalized spacial score (nSPS) is 11.9. The highest BCUT2D eigenvalue weighted by molar-refractivity contribution is 6.28. The van der Waals surface area contributed by atoms with Crippen molar-refractivity contribution in [2.45, 2.75) is 6.92 Å². The van der Waals surface area contributed by atoms with E-state index in [0.717, 1.165) is 0 Å². The standard InChI is InChI=1S/C41H27N/c1-26-9-2-3-12-31(26)37-25-36(34-23-19-28-10-8-11-29-20-24-35(37)41(34)40(28)29)27-17-21-30(22-18-27)42-38-15-6-4-13-32(38)33-14-5-7-16-39(33)42/h2-25H,1H3. The lowest BCUT2D eigenvalue weighted by molar-refractivity contribution is 1.18. The lowest BCUT2D eigenvalue weighted by Gasteiger charge is -2.19. The van der Waals surface area contributed by atoms with Gasteiger partial charge in [0.05, 0.1) is 11.0 Å². The maximum absolute atomic E-state index is 2.42. The first kappa shape index (κ1) is 23.3. The lowest BCUT2D eigenvalue weighted by atomic mass is 9.85. The lowest BCUT2D eigenvalue weighted by Crippen LogP contribution is -1.94. The number of benzene rings is 8. The number of aryl methyl sites for hydroxylation is 1. The van der Waals surface area contributed by atoms with E-state index in [1.54, 1.807) is 0 Å². The summed E-state index contributed by atoms with van der Waals surface area (Å²) in [7, 11) is 0. The van der Waals surface area contributed by atoms with Gasteiger partial charge in [0.25, 0.3) is 0 Å². The van der Waals surface area contributed by atoms with Crippen molar-refractivity contribution in [3.8, 4) is 27.9 Å². The second kappa shape index (κ2) is 8.80. The van der Waals surface area contributed by atoms with Crippen LogP contribution >= 0.6 is 0 Å². The maximum atomic E-state index is 2.42. The van der Waals surface area contributed by atoms with Crippen molar-refractivity contribution in [3.63, 3.8) is 0 Å². The van der Waals surface area contributed by atoms with Gasteiger partial charge in [-0.3, -0.25) is 0 Å². The Kier molecular flexibility index (Phi) is 4.88. The molecule has 1 nitrogen and oxygen atoms in total. The summed E-state index contributed by atoms with van der Waals surface area (Å²) in [6, 6.07) is 53.6. The summed E-state index contributed by atoms with van der Waals surface area (Å²) in [4.78, 5) is 0. The second-order valence-electron chi connectivity index (χ2n) is 11.4. The molecule has 9 aromatic rings. The van der Waals surface area contributed by atoms with Gasteiger partial charge in [-0.05, 0) is 97.4 Å². The van der Waals surface area contributed by atoms with Crippen LogP contribution in [0.3, 0.4) is 0 Å². The average Bonchev–Trinajstić information content (AvgIpc) is 3.38. The molecule has 0 unspecified atom stereocenters. The van der Waals surface area contributed by atoms with Gasteiger partial charge in [-0.1, -0.05) is 115 Å². The number of hydrogen-bond donors (Lipinski definition) is 0. The maximum Gasteiger partial charge on any atom is 0.0541 e. The van der Waals surface area contributed by atoms with Crippen molar-refractivity contribution < 1.29 is 0 Å². The molecule has 0 aliphatic carbocycles. The minimum Gasteiger partial charge on any atom is -0.309 e. The van der Waals surface area contributed by atoms with Crippen LogP contribution in [-0.4, -0.2) is 4.57 Å². The number of fused-ring (bicyclic) bond motifs is 3. The van der Waals surface area contributed by atoms with Crippen molar-refractivity contribution in [1.29, 1.82) is 0 Å². The van der Waals surface area contributed by atoms with Gasteiger partial charge in [0.1, 0.15) is 0 Å². The first-order valence-corrected chi connectivity index (χ1v) is 14.6. The van der Waals surface area contributed by atoms with Crippen LogP contribution in [0.1, 0.15) is 5.56 Å². The quantitative estimate of drug-likeness (QED) is 0.199. The molecule has 0 amide bonds. The van der Waals surface area contributed by atoms with Gasteiger partial charge in [0, 0.05) is 16.5 Å². The molecule has 0 bridgehead atoms. The van der Waals surface area contributed by atoms with Gasteiger partial charge in [-0.25, -0.2) is 0 Å². The zero-order valence-corrected chi connectivity index (χ0v) is 23.3. The number of hydrogen-bond acceptors (Lipinski definition) is 0. The number of nitrogens with zero attached hydrogens (tertiary/aromatic N) is 1. The number of rotatable bonds is 3. The fourth-order valence-corrected chi connectivity index (χ4v) is 7.16. The Morgan fingerprint density at radius 2 is 1.00 bits per heavy atom. The van der Waals surface area contributed by atoms with E-state index >= 15 is 0 Å². The Morgan fingerprint density at radius 3 is 1.67 bits per heavy atom. The molecule has 0 atom stereocenters. The van der Waals surface area contributed by atoms with E-state index in [9.17, 15) is 0 Å². The summed E-state index contributed by atoms with van der Waals surface area (Å²) in [5.74, 6) is 0. The van der Waals surface area contributed by atoms with Crippen LogP contribution in [0.5, 0.6) is 0 Å². The second-order valence-corrected chi connectivity index (χ2v) is 11.4. The molecule has 1 aromatic heterocycles. The molecular weight excluding hydrogens is 506 g/mol. The van der Waals surface area contributed by atoms with E-state index in [1.165, 1.54) is 87.6 Å². The Hall–Kier alpha value is -5.40. The smallest absolute Gasteiger partial charge is 0.0541 e. The largest absolute Gasteiger partial charge is 0.309 e. The molecule has 196 valence electrons. The topological polar surface area (TPSA) is 4.93 Å². The zero-order chi connectivity index (χ0) is 27.8. The Labute approximate surface area is 244 Å². The molecule has 0 aliphatic heterocycles. The van der Waals surface area contributed by atoms with E-state index < -0.39 is 0 Å². The SMILES string of the molecule is Cc1ccccc1-c1cc(-c2ccc(-n3c4ccccc4c4ccccc43)cc2)c2ccc3cccc4ccc1c2c34. The van der Waals surface area contributed by atoms with Gasteiger partial charge in [-0.15, -0.1) is 0 Å². The third-order valence-corrected chi connectivity index (χ3v) is 9.10. The van der Waals surface area contributed by atoms with Gasteiger partial charge < -0.3 is 4.57 Å². The van der Waals surface area contributed by atoms with E-state index in [4.69, 9.17) is 0 Å². The third-order valence-electron chi connectivity index (χ3n) is 9.10. The van der Waals surface area contributed by atoms with Crippen LogP contribution in [0.2, 0.25) is 0 Å². The van der Waals surface area contributed by atoms with E-state index in [1.807, 2.05) is 0 Å². The predicted molar refractivity (Wildman–Crippen MR) is 180 cm³/mol. The third kappa shape index (κ3) is 3.25. The molecule has 0 aliphatic rings. The van der Waals surface area contributed by atoms with E-state index in [2.05, 4.69) is 157 Å². The zero-order valence-electron chi connectivity index (χ0n) is 23.3. The van der Waals surface area contributed by atoms with Crippen molar-refractivity contribution in [3.05, 3.63) is 151 Å². The summed E-state index contributed by atoms with van der Waals surface area (Å²) in [6.07, 6.45) is 0. The number of para-hydroxylation sites is 2. The summed E-state index contributed by atoms with van der Waals surface area (Å²) in [5.41, 5.74) is 10.0. The minimum absolute atomic E-state index is 1.17. The van der Waals surface area contributed by atoms with Crippen LogP contribution in [0.25, 0.3) is 82.1 Å². The summed E-state index contributed by atoms with van der Waals surface area (Å²) in [5, 5.41) is 10.5. The molecule has 42 heavy (non-hydrogen) atoms.